The second-order valence-electron chi connectivity index (χ2n) is 4.92. The molecule has 0 saturated carbocycles. The standard InChI is InChI=1S/C14H18O5/c1-14(8-10-4-2-3-5-12(10)15)18-9-11(19-14)6-7-13(16)17/h2-5,11,15H,6-9H2,1H3,(H,16,17). The molecule has 1 aromatic rings. The zero-order chi connectivity index (χ0) is 13.9. The average molecular weight is 266 g/mol. The SMILES string of the molecule is CC1(Cc2ccccc2O)OCC(CCC(=O)O)O1. The van der Waals surface area contributed by atoms with Gasteiger partial charge in [0.05, 0.1) is 12.7 Å². The van der Waals surface area contributed by atoms with Gasteiger partial charge in [0.2, 0.25) is 0 Å². The molecule has 2 unspecified atom stereocenters. The number of para-hydroxylation sites is 1. The van der Waals surface area contributed by atoms with Crippen molar-refractivity contribution in [3.63, 3.8) is 0 Å². The van der Waals surface area contributed by atoms with Crippen LogP contribution in [-0.2, 0) is 20.7 Å². The number of carbonyl (C=O) groups is 1. The Balaban J connectivity index is 1.94. The van der Waals surface area contributed by atoms with Crippen LogP contribution in [0.5, 0.6) is 5.75 Å². The van der Waals surface area contributed by atoms with Gasteiger partial charge in [-0.05, 0) is 25.0 Å². The lowest BCUT2D eigenvalue weighted by Crippen LogP contribution is -2.29. The van der Waals surface area contributed by atoms with Gasteiger partial charge in [-0.1, -0.05) is 18.2 Å². The number of benzene rings is 1. The summed E-state index contributed by atoms with van der Waals surface area (Å²) in [6, 6.07) is 7.04. The summed E-state index contributed by atoms with van der Waals surface area (Å²) >= 11 is 0. The fourth-order valence-electron chi connectivity index (χ4n) is 2.22. The first-order valence-corrected chi connectivity index (χ1v) is 6.29. The summed E-state index contributed by atoms with van der Waals surface area (Å²) in [4.78, 5) is 10.5. The molecule has 0 aromatic heterocycles. The van der Waals surface area contributed by atoms with E-state index in [0.717, 1.165) is 5.56 Å². The van der Waals surface area contributed by atoms with E-state index in [1.54, 1.807) is 19.1 Å². The predicted octanol–water partition coefficient (Wildman–Crippen LogP) is 1.93. The minimum atomic E-state index is -0.835. The molecule has 1 heterocycles. The van der Waals surface area contributed by atoms with E-state index in [0.29, 0.717) is 19.4 Å². The maximum atomic E-state index is 10.5. The van der Waals surface area contributed by atoms with Crippen LogP contribution in [0.3, 0.4) is 0 Å². The smallest absolute Gasteiger partial charge is 0.303 e. The molecule has 5 nitrogen and oxygen atoms in total. The van der Waals surface area contributed by atoms with Crippen molar-refractivity contribution in [2.75, 3.05) is 6.61 Å². The number of aromatic hydroxyl groups is 1. The molecule has 19 heavy (non-hydrogen) atoms. The summed E-state index contributed by atoms with van der Waals surface area (Å²) in [6.45, 7) is 2.19. The molecule has 5 heteroatoms. The van der Waals surface area contributed by atoms with Crippen molar-refractivity contribution < 1.29 is 24.5 Å². The monoisotopic (exact) mass is 266 g/mol. The van der Waals surface area contributed by atoms with Gasteiger partial charge in [-0.3, -0.25) is 4.79 Å². The highest BCUT2D eigenvalue weighted by molar-refractivity contribution is 5.66. The van der Waals surface area contributed by atoms with E-state index in [1.807, 2.05) is 12.1 Å². The Labute approximate surface area is 111 Å². The minimum Gasteiger partial charge on any atom is -0.508 e. The Hall–Kier alpha value is -1.59. The molecule has 104 valence electrons. The van der Waals surface area contributed by atoms with Crippen molar-refractivity contribution in [1.29, 1.82) is 0 Å². The fraction of sp³-hybridized carbons (Fsp3) is 0.500. The number of phenols is 1. The fourth-order valence-corrected chi connectivity index (χ4v) is 2.22. The van der Waals surface area contributed by atoms with Crippen molar-refractivity contribution in [3.05, 3.63) is 29.8 Å². The normalized spacial score (nSPS) is 26.5. The number of aliphatic carboxylic acids is 1. The van der Waals surface area contributed by atoms with Gasteiger partial charge in [0.15, 0.2) is 5.79 Å². The van der Waals surface area contributed by atoms with E-state index in [-0.39, 0.29) is 18.3 Å². The van der Waals surface area contributed by atoms with Crippen LogP contribution in [0, 0.1) is 0 Å². The highest BCUT2D eigenvalue weighted by Gasteiger charge is 2.37. The molecule has 0 spiro atoms. The van der Waals surface area contributed by atoms with Crippen LogP contribution in [0.15, 0.2) is 24.3 Å². The Bertz CT molecular complexity index is 459. The first kappa shape index (κ1) is 13.8. The first-order valence-electron chi connectivity index (χ1n) is 6.29. The topological polar surface area (TPSA) is 76.0 Å². The summed E-state index contributed by atoms with van der Waals surface area (Å²) in [5.74, 6) is -1.43. The molecule has 1 aliphatic heterocycles. The van der Waals surface area contributed by atoms with Crippen molar-refractivity contribution in [1.82, 2.24) is 0 Å². The van der Waals surface area contributed by atoms with E-state index in [9.17, 15) is 9.90 Å². The van der Waals surface area contributed by atoms with Crippen molar-refractivity contribution in [3.8, 4) is 5.75 Å². The molecule has 2 rings (SSSR count). The quantitative estimate of drug-likeness (QED) is 0.851. The lowest BCUT2D eigenvalue weighted by Gasteiger charge is -2.23. The number of carboxylic acids is 1. The van der Waals surface area contributed by atoms with Crippen LogP contribution >= 0.6 is 0 Å². The van der Waals surface area contributed by atoms with Gasteiger partial charge in [0, 0.05) is 12.8 Å². The van der Waals surface area contributed by atoms with Gasteiger partial charge in [0.25, 0.3) is 0 Å². The molecule has 2 atom stereocenters. The summed E-state index contributed by atoms with van der Waals surface area (Å²) in [6.07, 6.45) is 0.738. The van der Waals surface area contributed by atoms with Gasteiger partial charge >= 0.3 is 5.97 Å². The highest BCUT2D eigenvalue weighted by Crippen LogP contribution is 2.31. The molecular formula is C14H18O5. The Morgan fingerprint density at radius 2 is 2.21 bits per heavy atom. The molecule has 1 aliphatic rings. The molecule has 1 saturated heterocycles. The van der Waals surface area contributed by atoms with Crippen molar-refractivity contribution in [2.45, 2.75) is 38.1 Å². The predicted molar refractivity (Wildman–Crippen MR) is 67.9 cm³/mol. The van der Waals surface area contributed by atoms with Crippen LogP contribution in [0.1, 0.15) is 25.3 Å². The van der Waals surface area contributed by atoms with Crippen LogP contribution in [-0.4, -0.2) is 34.7 Å². The van der Waals surface area contributed by atoms with E-state index in [4.69, 9.17) is 14.6 Å². The second kappa shape index (κ2) is 5.59. The molecule has 1 fully saturated rings. The molecule has 0 aliphatic carbocycles. The van der Waals surface area contributed by atoms with Crippen LogP contribution in [0.2, 0.25) is 0 Å². The molecule has 2 N–H and O–H groups in total. The third-order valence-corrected chi connectivity index (χ3v) is 3.17. The van der Waals surface area contributed by atoms with E-state index >= 15 is 0 Å². The summed E-state index contributed by atoms with van der Waals surface area (Å²) in [5.41, 5.74) is 0.754. The van der Waals surface area contributed by atoms with Crippen LogP contribution in [0.4, 0.5) is 0 Å². The summed E-state index contributed by atoms with van der Waals surface area (Å²) in [7, 11) is 0. The molecule has 0 amide bonds. The number of hydrogen-bond acceptors (Lipinski definition) is 4. The lowest BCUT2D eigenvalue weighted by molar-refractivity contribution is -0.155. The Morgan fingerprint density at radius 3 is 2.89 bits per heavy atom. The van der Waals surface area contributed by atoms with Crippen LogP contribution < -0.4 is 0 Å². The number of hydrogen-bond donors (Lipinski definition) is 2. The van der Waals surface area contributed by atoms with Crippen molar-refractivity contribution >= 4 is 5.97 Å². The van der Waals surface area contributed by atoms with Gasteiger partial charge in [0.1, 0.15) is 5.75 Å². The number of rotatable bonds is 5. The average Bonchev–Trinajstić information content (AvgIpc) is 2.72. The van der Waals surface area contributed by atoms with Gasteiger partial charge < -0.3 is 19.7 Å². The van der Waals surface area contributed by atoms with Gasteiger partial charge in [-0.25, -0.2) is 0 Å². The molecule has 0 bridgehead atoms. The van der Waals surface area contributed by atoms with E-state index in [2.05, 4.69) is 0 Å². The zero-order valence-electron chi connectivity index (χ0n) is 10.8. The summed E-state index contributed by atoms with van der Waals surface area (Å²) < 4.78 is 11.4. The maximum absolute atomic E-state index is 10.5. The number of carboxylic acid groups (broad SMARTS) is 1. The molecule has 0 radical (unpaired) electrons. The maximum Gasteiger partial charge on any atom is 0.303 e. The Kier molecular flexibility index (Phi) is 4.07. The largest absolute Gasteiger partial charge is 0.508 e. The molecular weight excluding hydrogens is 248 g/mol. The number of ether oxygens (including phenoxy) is 2. The summed E-state index contributed by atoms with van der Waals surface area (Å²) in [5, 5.41) is 18.4. The van der Waals surface area contributed by atoms with Crippen molar-refractivity contribution in [2.24, 2.45) is 0 Å². The third kappa shape index (κ3) is 3.68. The first-order chi connectivity index (χ1) is 8.98. The lowest BCUT2D eigenvalue weighted by atomic mass is 10.1. The minimum absolute atomic E-state index is 0.0701. The van der Waals surface area contributed by atoms with Gasteiger partial charge in [-0.2, -0.15) is 0 Å². The third-order valence-electron chi connectivity index (χ3n) is 3.17. The van der Waals surface area contributed by atoms with Crippen LogP contribution in [0.25, 0.3) is 0 Å². The second-order valence-corrected chi connectivity index (χ2v) is 4.92. The molecule has 1 aromatic carbocycles. The highest BCUT2D eigenvalue weighted by atomic mass is 16.7. The van der Waals surface area contributed by atoms with Gasteiger partial charge in [-0.15, -0.1) is 0 Å². The number of phenolic OH excluding ortho intramolecular Hbond substituents is 1. The van der Waals surface area contributed by atoms with E-state index in [1.165, 1.54) is 0 Å². The Morgan fingerprint density at radius 1 is 1.47 bits per heavy atom. The van der Waals surface area contributed by atoms with E-state index < -0.39 is 11.8 Å². The zero-order valence-corrected chi connectivity index (χ0v) is 10.8.